The van der Waals surface area contributed by atoms with Crippen molar-refractivity contribution in [2.45, 2.75) is 46.5 Å². The molecule has 0 unspecified atom stereocenters. The standard InChI is InChI=1S/C49H41N3O/c1-30(2)42-26-38(34-15-10-7-11-16-34)27-43(31(3)4)46(42)52-44-25-32(5)29-50-48(44)51-49(52)41-18-12-17-40-39-24-23-37(28-45(39)53-47(40)41)36-21-19-35(20-22-36)33-13-8-6-9-14-33/h6-31H,1-5H3. The number of nitrogens with zero attached hydrogens (tertiary/aromatic N) is 3. The first-order chi connectivity index (χ1) is 25.8. The van der Waals surface area contributed by atoms with Gasteiger partial charge >= 0.3 is 0 Å². The summed E-state index contributed by atoms with van der Waals surface area (Å²) in [5.74, 6) is 1.35. The lowest BCUT2D eigenvalue weighted by molar-refractivity contribution is 0.669. The molecule has 9 aromatic rings. The van der Waals surface area contributed by atoms with Crippen LogP contribution in [0.4, 0.5) is 0 Å². The van der Waals surface area contributed by atoms with E-state index in [-0.39, 0.29) is 11.8 Å². The third-order valence-corrected chi connectivity index (χ3v) is 10.5. The van der Waals surface area contributed by atoms with Gasteiger partial charge in [0, 0.05) is 17.0 Å². The predicted octanol–water partition coefficient (Wildman–Crippen LogP) is 13.5. The second-order valence-corrected chi connectivity index (χ2v) is 14.7. The van der Waals surface area contributed by atoms with Gasteiger partial charge in [-0.15, -0.1) is 0 Å². The Morgan fingerprint density at radius 2 is 1.13 bits per heavy atom. The summed E-state index contributed by atoms with van der Waals surface area (Å²) in [5, 5.41) is 2.15. The van der Waals surface area contributed by atoms with E-state index >= 15 is 0 Å². The number of benzene rings is 6. The molecule has 0 N–H and O–H groups in total. The maximum Gasteiger partial charge on any atom is 0.178 e. The van der Waals surface area contributed by atoms with Crippen LogP contribution in [0.5, 0.6) is 0 Å². The molecule has 3 aromatic heterocycles. The van der Waals surface area contributed by atoms with E-state index in [9.17, 15) is 0 Å². The van der Waals surface area contributed by atoms with Crippen LogP contribution in [-0.4, -0.2) is 14.5 Å². The molecule has 0 bridgehead atoms. The van der Waals surface area contributed by atoms with Crippen LogP contribution in [0.3, 0.4) is 0 Å². The van der Waals surface area contributed by atoms with E-state index < -0.39 is 0 Å². The Labute approximate surface area is 310 Å². The van der Waals surface area contributed by atoms with Crippen molar-refractivity contribution in [3.05, 3.63) is 162 Å². The van der Waals surface area contributed by atoms with E-state index in [1.54, 1.807) is 0 Å². The highest BCUT2D eigenvalue weighted by atomic mass is 16.3. The van der Waals surface area contributed by atoms with Crippen LogP contribution < -0.4 is 0 Å². The zero-order valence-electron chi connectivity index (χ0n) is 30.8. The number of para-hydroxylation sites is 1. The van der Waals surface area contributed by atoms with Gasteiger partial charge in [0.05, 0.1) is 16.8 Å². The van der Waals surface area contributed by atoms with E-state index in [0.29, 0.717) is 0 Å². The van der Waals surface area contributed by atoms with Crippen LogP contribution in [0.15, 0.2) is 150 Å². The molecular formula is C49H41N3O. The Morgan fingerprint density at radius 3 is 1.77 bits per heavy atom. The largest absolute Gasteiger partial charge is 0.455 e. The van der Waals surface area contributed by atoms with Gasteiger partial charge in [-0.1, -0.05) is 131 Å². The quantitative estimate of drug-likeness (QED) is 0.167. The van der Waals surface area contributed by atoms with E-state index in [2.05, 4.69) is 179 Å². The molecule has 0 spiro atoms. The van der Waals surface area contributed by atoms with E-state index in [0.717, 1.165) is 61.2 Å². The molecule has 0 aliphatic heterocycles. The number of furan rings is 1. The molecule has 0 fully saturated rings. The van der Waals surface area contributed by atoms with Crippen molar-refractivity contribution in [2.24, 2.45) is 0 Å². The fraction of sp³-hybridized carbons (Fsp3) is 0.143. The summed E-state index contributed by atoms with van der Waals surface area (Å²) < 4.78 is 9.22. The summed E-state index contributed by atoms with van der Waals surface area (Å²) in [4.78, 5) is 10.2. The van der Waals surface area contributed by atoms with Gasteiger partial charge < -0.3 is 4.42 Å². The fourth-order valence-corrected chi connectivity index (χ4v) is 7.72. The Balaban J connectivity index is 1.25. The highest BCUT2D eigenvalue weighted by Gasteiger charge is 2.26. The minimum absolute atomic E-state index is 0.261. The number of hydrogen-bond acceptors (Lipinski definition) is 3. The molecule has 0 amide bonds. The zero-order chi connectivity index (χ0) is 36.2. The molecular weight excluding hydrogens is 647 g/mol. The Hall–Kier alpha value is -6.26. The van der Waals surface area contributed by atoms with Crippen LogP contribution in [0.1, 0.15) is 56.2 Å². The molecule has 53 heavy (non-hydrogen) atoms. The molecule has 0 aliphatic carbocycles. The Morgan fingerprint density at radius 1 is 0.547 bits per heavy atom. The normalized spacial score (nSPS) is 11.8. The van der Waals surface area contributed by atoms with Crippen LogP contribution in [0.2, 0.25) is 0 Å². The number of fused-ring (bicyclic) bond motifs is 4. The summed E-state index contributed by atoms with van der Waals surface area (Å²) in [6, 6.07) is 49.9. The maximum absolute atomic E-state index is 6.86. The predicted molar refractivity (Wildman–Crippen MR) is 221 cm³/mol. The summed E-state index contributed by atoms with van der Waals surface area (Å²) in [5.41, 5.74) is 16.3. The Bertz CT molecular complexity index is 2740. The van der Waals surface area contributed by atoms with Crippen LogP contribution in [-0.2, 0) is 0 Å². The van der Waals surface area contributed by atoms with Gasteiger partial charge in [-0.2, -0.15) is 0 Å². The van der Waals surface area contributed by atoms with Crippen molar-refractivity contribution >= 4 is 33.1 Å². The Kier molecular flexibility index (Phi) is 8.04. The van der Waals surface area contributed by atoms with Crippen molar-refractivity contribution in [3.63, 3.8) is 0 Å². The highest BCUT2D eigenvalue weighted by Crippen LogP contribution is 2.43. The number of imidazole rings is 1. The van der Waals surface area contributed by atoms with Crippen molar-refractivity contribution in [1.82, 2.24) is 14.5 Å². The third kappa shape index (κ3) is 5.72. The lowest BCUT2D eigenvalue weighted by Crippen LogP contribution is -2.09. The SMILES string of the molecule is Cc1cnc2nc(-c3cccc4c3oc3cc(-c5ccc(-c6ccccc6)cc5)ccc34)n(-c3c(C(C)C)cc(-c4ccccc4)cc3C(C)C)c2c1. The average Bonchev–Trinajstić information content (AvgIpc) is 3.75. The molecule has 4 heteroatoms. The zero-order valence-corrected chi connectivity index (χ0v) is 30.8. The van der Waals surface area contributed by atoms with Gasteiger partial charge in [-0.25, -0.2) is 9.97 Å². The van der Waals surface area contributed by atoms with Crippen LogP contribution in [0.25, 0.3) is 83.6 Å². The summed E-state index contributed by atoms with van der Waals surface area (Å²) in [6.45, 7) is 11.2. The molecule has 0 atom stereocenters. The monoisotopic (exact) mass is 687 g/mol. The minimum atomic E-state index is 0.261. The third-order valence-electron chi connectivity index (χ3n) is 10.5. The first kappa shape index (κ1) is 32.6. The molecule has 0 aliphatic rings. The van der Waals surface area contributed by atoms with Gasteiger partial charge in [-0.3, -0.25) is 4.57 Å². The summed E-state index contributed by atoms with van der Waals surface area (Å²) in [7, 11) is 0. The molecule has 6 aromatic carbocycles. The van der Waals surface area contributed by atoms with E-state index in [4.69, 9.17) is 14.4 Å². The second-order valence-electron chi connectivity index (χ2n) is 14.7. The van der Waals surface area contributed by atoms with Gasteiger partial charge in [-0.05, 0) is 105 Å². The summed E-state index contributed by atoms with van der Waals surface area (Å²) in [6.07, 6.45) is 1.91. The fourth-order valence-electron chi connectivity index (χ4n) is 7.72. The van der Waals surface area contributed by atoms with Gasteiger partial charge in [0.1, 0.15) is 11.2 Å². The molecule has 258 valence electrons. The van der Waals surface area contributed by atoms with Crippen molar-refractivity contribution < 1.29 is 4.42 Å². The van der Waals surface area contributed by atoms with Crippen molar-refractivity contribution in [2.75, 3.05) is 0 Å². The molecule has 3 heterocycles. The minimum Gasteiger partial charge on any atom is -0.455 e. The average molecular weight is 688 g/mol. The number of aromatic nitrogens is 3. The lowest BCUT2D eigenvalue weighted by Gasteiger charge is -2.24. The summed E-state index contributed by atoms with van der Waals surface area (Å²) >= 11 is 0. The smallest absolute Gasteiger partial charge is 0.178 e. The van der Waals surface area contributed by atoms with E-state index in [1.807, 2.05) is 6.20 Å². The second kappa shape index (κ2) is 13.1. The first-order valence-electron chi connectivity index (χ1n) is 18.5. The van der Waals surface area contributed by atoms with Gasteiger partial charge in [0.25, 0.3) is 0 Å². The number of hydrogen-bond donors (Lipinski definition) is 0. The van der Waals surface area contributed by atoms with Crippen molar-refractivity contribution in [1.29, 1.82) is 0 Å². The van der Waals surface area contributed by atoms with Gasteiger partial charge in [0.2, 0.25) is 0 Å². The molecule has 4 nitrogen and oxygen atoms in total. The van der Waals surface area contributed by atoms with E-state index in [1.165, 1.54) is 39.1 Å². The lowest BCUT2D eigenvalue weighted by atomic mass is 9.88. The molecule has 0 saturated carbocycles. The first-order valence-corrected chi connectivity index (χ1v) is 18.5. The molecule has 0 saturated heterocycles. The molecule has 9 rings (SSSR count). The number of rotatable bonds is 7. The maximum atomic E-state index is 6.86. The number of pyridine rings is 1. The highest BCUT2D eigenvalue weighted by molar-refractivity contribution is 6.10. The molecule has 0 radical (unpaired) electrons. The topological polar surface area (TPSA) is 43.9 Å². The van der Waals surface area contributed by atoms with Crippen molar-refractivity contribution in [3.8, 4) is 50.5 Å². The van der Waals surface area contributed by atoms with Gasteiger partial charge in [0.15, 0.2) is 11.5 Å². The number of aryl methyl sites for hydroxylation is 1. The van der Waals surface area contributed by atoms with Crippen LogP contribution in [0, 0.1) is 6.92 Å². The van der Waals surface area contributed by atoms with Crippen LogP contribution >= 0.6 is 0 Å².